The first-order chi connectivity index (χ1) is 4.20. The van der Waals surface area contributed by atoms with Crippen molar-refractivity contribution in [3.05, 3.63) is 11.8 Å². The van der Waals surface area contributed by atoms with Gasteiger partial charge < -0.3 is 4.31 Å². The second kappa shape index (κ2) is 4.94. The van der Waals surface area contributed by atoms with E-state index in [0.29, 0.717) is 0 Å². The highest BCUT2D eigenvalue weighted by molar-refractivity contribution is 14.2. The van der Waals surface area contributed by atoms with Crippen LogP contribution in [-0.4, -0.2) is 11.4 Å². The highest BCUT2D eigenvalue weighted by Gasteiger charge is 1.88. The Morgan fingerprint density at radius 2 is 2.44 bits per heavy atom. The van der Waals surface area contributed by atoms with Crippen LogP contribution in [-0.2, 0) is 0 Å². The van der Waals surface area contributed by atoms with Crippen LogP contribution in [0.4, 0.5) is 0 Å². The number of nitriles is 1. The second-order valence-electron chi connectivity index (χ2n) is 1.54. The van der Waals surface area contributed by atoms with Crippen molar-refractivity contribution >= 4 is 30.3 Å². The van der Waals surface area contributed by atoms with Crippen molar-refractivity contribution in [3.8, 4) is 6.07 Å². The van der Waals surface area contributed by atoms with Crippen LogP contribution >= 0.6 is 30.3 Å². The number of hydrogen-bond donors (Lipinski definition) is 0. The van der Waals surface area contributed by atoms with E-state index in [1.165, 1.54) is 0 Å². The maximum absolute atomic E-state index is 8.32. The summed E-state index contributed by atoms with van der Waals surface area (Å²) >= 11 is 2.15. The number of rotatable bonds is 2. The standard InChI is InChI=1S/C5H7IN2S/c1-5(3-7)4-8(2)9-6/h4H,1-2H3/b5-4+. The second-order valence-corrected chi connectivity index (χ2v) is 3.43. The minimum atomic E-state index is 0.724. The van der Waals surface area contributed by atoms with Crippen LogP contribution in [0.2, 0.25) is 0 Å². The first-order valence-corrected chi connectivity index (χ1v) is 5.62. The van der Waals surface area contributed by atoms with Gasteiger partial charge in [0, 0.05) is 49.1 Å². The topological polar surface area (TPSA) is 27.0 Å². The van der Waals surface area contributed by atoms with Crippen LogP contribution < -0.4 is 0 Å². The number of allylic oxidation sites excluding steroid dienone is 1. The Bertz CT molecular complexity index is 150. The Hall–Kier alpha value is 0.110. The zero-order chi connectivity index (χ0) is 7.28. The highest BCUT2D eigenvalue weighted by atomic mass is 127. The smallest absolute Gasteiger partial charge is 0.0959 e. The summed E-state index contributed by atoms with van der Waals surface area (Å²) in [7, 11) is 3.45. The van der Waals surface area contributed by atoms with E-state index in [1.807, 2.05) is 17.4 Å². The van der Waals surface area contributed by atoms with Gasteiger partial charge in [-0.15, -0.1) is 0 Å². The van der Waals surface area contributed by atoms with Gasteiger partial charge in [-0.1, -0.05) is 0 Å². The van der Waals surface area contributed by atoms with Gasteiger partial charge in [-0.25, -0.2) is 0 Å². The van der Waals surface area contributed by atoms with E-state index in [1.54, 1.807) is 22.2 Å². The van der Waals surface area contributed by atoms with Gasteiger partial charge in [0.05, 0.1) is 6.07 Å². The highest BCUT2D eigenvalue weighted by Crippen LogP contribution is 2.16. The molecule has 0 aliphatic heterocycles. The molecule has 0 spiro atoms. The van der Waals surface area contributed by atoms with Gasteiger partial charge in [0.2, 0.25) is 0 Å². The predicted molar refractivity (Wildman–Crippen MR) is 48.7 cm³/mol. The van der Waals surface area contributed by atoms with Crippen molar-refractivity contribution < 1.29 is 0 Å². The van der Waals surface area contributed by atoms with Crippen molar-refractivity contribution in [3.63, 3.8) is 0 Å². The fourth-order valence-corrected chi connectivity index (χ4v) is 0.861. The van der Waals surface area contributed by atoms with Crippen LogP contribution in [0.1, 0.15) is 6.92 Å². The fraction of sp³-hybridized carbons (Fsp3) is 0.400. The van der Waals surface area contributed by atoms with Gasteiger partial charge in [-0.05, 0) is 6.92 Å². The van der Waals surface area contributed by atoms with E-state index >= 15 is 0 Å². The molecule has 0 aromatic rings. The molecule has 0 radical (unpaired) electrons. The summed E-state index contributed by atoms with van der Waals surface area (Å²) in [4.78, 5) is 0. The lowest BCUT2D eigenvalue weighted by atomic mass is 10.4. The minimum absolute atomic E-state index is 0.724. The quantitative estimate of drug-likeness (QED) is 0.430. The third kappa shape index (κ3) is 4.60. The maximum atomic E-state index is 8.32. The molecule has 2 nitrogen and oxygen atoms in total. The summed E-state index contributed by atoms with van der Waals surface area (Å²) in [6, 6.07) is 2.03. The van der Waals surface area contributed by atoms with E-state index in [4.69, 9.17) is 5.26 Å². The summed E-state index contributed by atoms with van der Waals surface area (Å²) in [5, 5.41) is 8.32. The van der Waals surface area contributed by atoms with Crippen LogP contribution in [0.25, 0.3) is 0 Å². The van der Waals surface area contributed by atoms with Gasteiger partial charge >= 0.3 is 0 Å². The van der Waals surface area contributed by atoms with Crippen molar-refractivity contribution in [2.45, 2.75) is 6.92 Å². The van der Waals surface area contributed by atoms with E-state index in [2.05, 4.69) is 21.2 Å². The Morgan fingerprint density at radius 1 is 1.89 bits per heavy atom. The first-order valence-electron chi connectivity index (χ1n) is 2.30. The van der Waals surface area contributed by atoms with Crippen molar-refractivity contribution in [1.82, 2.24) is 4.31 Å². The van der Waals surface area contributed by atoms with E-state index in [9.17, 15) is 0 Å². The molecule has 0 rings (SSSR count). The molecule has 0 N–H and O–H groups in total. The molecule has 0 fully saturated rings. The third-order valence-corrected chi connectivity index (χ3v) is 2.85. The molecule has 0 aromatic carbocycles. The van der Waals surface area contributed by atoms with E-state index < -0.39 is 0 Å². The molecule has 0 unspecified atom stereocenters. The molecule has 0 saturated heterocycles. The largest absolute Gasteiger partial charge is 0.317 e. The van der Waals surface area contributed by atoms with E-state index in [0.717, 1.165) is 5.57 Å². The van der Waals surface area contributed by atoms with Gasteiger partial charge in [0.1, 0.15) is 0 Å². The van der Waals surface area contributed by atoms with Crippen molar-refractivity contribution in [2.24, 2.45) is 0 Å². The Kier molecular flexibility index (Phi) is 5.00. The van der Waals surface area contributed by atoms with Crippen LogP contribution in [0, 0.1) is 11.3 Å². The van der Waals surface area contributed by atoms with Crippen LogP contribution in [0.15, 0.2) is 11.8 Å². The van der Waals surface area contributed by atoms with E-state index in [-0.39, 0.29) is 0 Å². The third-order valence-electron chi connectivity index (χ3n) is 0.661. The SMILES string of the molecule is C/C(C#N)=C\N(C)SI. The number of nitrogens with zero attached hydrogens (tertiary/aromatic N) is 2. The molecule has 0 saturated carbocycles. The molecule has 0 aromatic heterocycles. The minimum Gasteiger partial charge on any atom is -0.317 e. The number of halogens is 1. The average molecular weight is 254 g/mol. The summed E-state index contributed by atoms with van der Waals surface area (Å²) in [5.41, 5.74) is 0.724. The average Bonchev–Trinajstić information content (AvgIpc) is 1.87. The fourth-order valence-electron chi connectivity index (χ4n) is 0.321. The zero-order valence-electron chi connectivity index (χ0n) is 5.26. The molecular weight excluding hydrogens is 247 g/mol. The molecule has 0 aliphatic rings. The molecule has 0 aliphatic carbocycles. The lowest BCUT2D eigenvalue weighted by Crippen LogP contribution is -1.95. The molecule has 9 heavy (non-hydrogen) atoms. The lowest BCUT2D eigenvalue weighted by molar-refractivity contribution is 0.778. The Labute approximate surface area is 71.6 Å². The van der Waals surface area contributed by atoms with Gasteiger partial charge in [-0.2, -0.15) is 5.26 Å². The maximum Gasteiger partial charge on any atom is 0.0959 e. The summed E-state index contributed by atoms with van der Waals surface area (Å²) in [6.45, 7) is 1.78. The lowest BCUT2D eigenvalue weighted by Gasteiger charge is -2.05. The van der Waals surface area contributed by atoms with Crippen molar-refractivity contribution in [1.29, 1.82) is 5.26 Å². The zero-order valence-corrected chi connectivity index (χ0v) is 8.23. The predicted octanol–water partition coefficient (Wildman–Crippen LogP) is 2.34. The molecule has 0 bridgehead atoms. The normalized spacial score (nSPS) is 10.7. The Morgan fingerprint density at radius 3 is 2.78 bits per heavy atom. The molecule has 4 heteroatoms. The molecule has 0 amide bonds. The number of hydrogen-bond acceptors (Lipinski definition) is 3. The van der Waals surface area contributed by atoms with Gasteiger partial charge in [0.15, 0.2) is 0 Å². The van der Waals surface area contributed by atoms with Gasteiger partial charge in [-0.3, -0.25) is 0 Å². The molecule has 50 valence electrons. The molecule has 0 atom stereocenters. The van der Waals surface area contributed by atoms with Crippen LogP contribution in [0.3, 0.4) is 0 Å². The molecule has 0 heterocycles. The van der Waals surface area contributed by atoms with Crippen molar-refractivity contribution in [2.75, 3.05) is 7.05 Å². The summed E-state index contributed by atoms with van der Waals surface area (Å²) in [5.74, 6) is 0. The molecular formula is C5H7IN2S. The monoisotopic (exact) mass is 254 g/mol. The summed E-state index contributed by atoms with van der Waals surface area (Å²) < 4.78 is 1.87. The Balaban J connectivity index is 3.83. The summed E-state index contributed by atoms with van der Waals surface area (Å²) in [6.07, 6.45) is 1.79. The van der Waals surface area contributed by atoms with Crippen LogP contribution in [0.5, 0.6) is 0 Å². The first kappa shape index (κ1) is 9.11. The van der Waals surface area contributed by atoms with Gasteiger partial charge in [0.25, 0.3) is 0 Å².